The van der Waals surface area contributed by atoms with E-state index in [4.69, 9.17) is 17.3 Å². The van der Waals surface area contributed by atoms with Crippen LogP contribution < -0.4 is 5.73 Å². The molecular formula is C10H11ClN2O3. The third kappa shape index (κ3) is 2.14. The van der Waals surface area contributed by atoms with Crippen LogP contribution in [0.3, 0.4) is 0 Å². The molecular weight excluding hydrogens is 232 g/mol. The number of rotatable bonds is 3. The second-order valence-electron chi connectivity index (χ2n) is 3.91. The summed E-state index contributed by atoms with van der Waals surface area (Å²) in [5.41, 5.74) is 4.65. The van der Waals surface area contributed by atoms with Crippen LogP contribution in [0.4, 0.5) is 5.69 Å². The SMILES string of the molecule is CC(C)(C(N)=O)c1ccc([N+](=O)[O-])cc1Cl. The molecule has 1 aromatic rings. The predicted octanol–water partition coefficient (Wildman–Crippen LogP) is 2.01. The largest absolute Gasteiger partial charge is 0.369 e. The molecule has 6 heteroatoms. The van der Waals surface area contributed by atoms with E-state index in [-0.39, 0.29) is 10.7 Å². The van der Waals surface area contributed by atoms with E-state index in [1.54, 1.807) is 13.8 Å². The topological polar surface area (TPSA) is 86.2 Å². The first-order valence-corrected chi connectivity index (χ1v) is 4.89. The van der Waals surface area contributed by atoms with Crippen molar-refractivity contribution in [2.24, 2.45) is 5.73 Å². The molecule has 16 heavy (non-hydrogen) atoms. The summed E-state index contributed by atoms with van der Waals surface area (Å²) in [6, 6.07) is 3.96. The molecule has 0 atom stereocenters. The number of nitro benzene ring substituents is 1. The number of carbonyl (C=O) groups excluding carboxylic acids is 1. The molecule has 0 heterocycles. The Hall–Kier alpha value is -1.62. The number of hydrogen-bond acceptors (Lipinski definition) is 3. The normalized spacial score (nSPS) is 11.2. The number of primary amides is 1. The Bertz CT molecular complexity index is 457. The van der Waals surface area contributed by atoms with Crippen LogP contribution in [0.25, 0.3) is 0 Å². The van der Waals surface area contributed by atoms with Gasteiger partial charge in [-0.25, -0.2) is 0 Å². The second kappa shape index (κ2) is 4.09. The lowest BCUT2D eigenvalue weighted by Gasteiger charge is -2.21. The molecule has 86 valence electrons. The molecule has 1 aromatic carbocycles. The van der Waals surface area contributed by atoms with Gasteiger partial charge in [-0.05, 0) is 25.5 Å². The van der Waals surface area contributed by atoms with Crippen molar-refractivity contribution in [1.29, 1.82) is 0 Å². The Morgan fingerprint density at radius 2 is 2.06 bits per heavy atom. The third-order valence-corrected chi connectivity index (χ3v) is 2.77. The summed E-state index contributed by atoms with van der Waals surface area (Å²) >= 11 is 5.89. The Labute approximate surface area is 97.3 Å². The van der Waals surface area contributed by atoms with Gasteiger partial charge in [0.25, 0.3) is 5.69 Å². The van der Waals surface area contributed by atoms with Gasteiger partial charge in [-0.15, -0.1) is 0 Å². The van der Waals surface area contributed by atoms with E-state index in [0.29, 0.717) is 5.56 Å². The van der Waals surface area contributed by atoms with Gasteiger partial charge in [-0.3, -0.25) is 14.9 Å². The van der Waals surface area contributed by atoms with Crippen molar-refractivity contribution in [1.82, 2.24) is 0 Å². The molecule has 5 nitrogen and oxygen atoms in total. The van der Waals surface area contributed by atoms with Gasteiger partial charge in [0, 0.05) is 12.1 Å². The smallest absolute Gasteiger partial charge is 0.270 e. The molecule has 0 spiro atoms. The summed E-state index contributed by atoms with van der Waals surface area (Å²) in [7, 11) is 0. The van der Waals surface area contributed by atoms with Crippen molar-refractivity contribution >= 4 is 23.2 Å². The van der Waals surface area contributed by atoms with Crippen LogP contribution in [-0.2, 0) is 10.2 Å². The fourth-order valence-corrected chi connectivity index (χ4v) is 1.67. The van der Waals surface area contributed by atoms with E-state index in [0.717, 1.165) is 0 Å². The van der Waals surface area contributed by atoms with Crippen LogP contribution in [0.1, 0.15) is 19.4 Å². The van der Waals surface area contributed by atoms with Gasteiger partial charge in [-0.1, -0.05) is 11.6 Å². The maximum atomic E-state index is 11.2. The zero-order valence-corrected chi connectivity index (χ0v) is 9.62. The number of hydrogen-bond donors (Lipinski definition) is 1. The first-order chi connectivity index (χ1) is 7.26. The molecule has 0 aliphatic heterocycles. The van der Waals surface area contributed by atoms with Crippen molar-refractivity contribution in [3.63, 3.8) is 0 Å². The van der Waals surface area contributed by atoms with Crippen molar-refractivity contribution in [2.45, 2.75) is 19.3 Å². The van der Waals surface area contributed by atoms with Crippen molar-refractivity contribution in [2.75, 3.05) is 0 Å². The van der Waals surface area contributed by atoms with Crippen LogP contribution in [0.15, 0.2) is 18.2 Å². The first kappa shape index (κ1) is 12.4. The monoisotopic (exact) mass is 242 g/mol. The maximum Gasteiger partial charge on any atom is 0.270 e. The van der Waals surface area contributed by atoms with Gasteiger partial charge in [-0.2, -0.15) is 0 Å². The van der Waals surface area contributed by atoms with Gasteiger partial charge in [0.05, 0.1) is 15.4 Å². The number of non-ortho nitro benzene ring substituents is 1. The molecule has 0 aliphatic rings. The second-order valence-corrected chi connectivity index (χ2v) is 4.32. The fraction of sp³-hybridized carbons (Fsp3) is 0.300. The molecule has 0 aliphatic carbocycles. The Morgan fingerprint density at radius 1 is 1.50 bits per heavy atom. The zero-order valence-electron chi connectivity index (χ0n) is 8.86. The van der Waals surface area contributed by atoms with Gasteiger partial charge < -0.3 is 5.73 Å². The lowest BCUT2D eigenvalue weighted by atomic mass is 9.84. The molecule has 1 amide bonds. The Morgan fingerprint density at radius 3 is 2.44 bits per heavy atom. The Kier molecular flexibility index (Phi) is 3.19. The van der Waals surface area contributed by atoms with Crippen molar-refractivity contribution < 1.29 is 9.72 Å². The highest BCUT2D eigenvalue weighted by atomic mass is 35.5. The molecule has 1 rings (SSSR count). The van der Waals surface area contributed by atoms with Gasteiger partial charge >= 0.3 is 0 Å². The number of carbonyl (C=O) groups is 1. The molecule has 0 bridgehead atoms. The summed E-state index contributed by atoms with van der Waals surface area (Å²) in [4.78, 5) is 21.2. The maximum absolute atomic E-state index is 11.2. The summed E-state index contributed by atoms with van der Waals surface area (Å²) in [6.07, 6.45) is 0. The van der Waals surface area contributed by atoms with E-state index in [1.807, 2.05) is 0 Å². The highest BCUT2D eigenvalue weighted by molar-refractivity contribution is 6.32. The highest BCUT2D eigenvalue weighted by Crippen LogP contribution is 2.32. The summed E-state index contributed by atoms with van der Waals surface area (Å²) in [5.74, 6) is -0.539. The van der Waals surface area contributed by atoms with Crippen LogP contribution in [0.5, 0.6) is 0 Å². The van der Waals surface area contributed by atoms with Crippen LogP contribution in [0, 0.1) is 10.1 Å². The summed E-state index contributed by atoms with van der Waals surface area (Å²) in [5, 5.41) is 10.7. The number of amides is 1. The Balaban J connectivity index is 3.28. The van der Waals surface area contributed by atoms with Gasteiger partial charge in [0.2, 0.25) is 5.91 Å². The minimum Gasteiger partial charge on any atom is -0.369 e. The van der Waals surface area contributed by atoms with E-state index >= 15 is 0 Å². The molecule has 0 fully saturated rings. The molecule has 0 saturated heterocycles. The molecule has 0 saturated carbocycles. The number of nitrogens with zero attached hydrogens (tertiary/aromatic N) is 1. The average molecular weight is 243 g/mol. The van der Waals surface area contributed by atoms with Crippen LogP contribution in [0.2, 0.25) is 5.02 Å². The van der Waals surface area contributed by atoms with Crippen molar-refractivity contribution in [3.8, 4) is 0 Å². The quantitative estimate of drug-likeness (QED) is 0.650. The summed E-state index contributed by atoms with van der Waals surface area (Å²) in [6.45, 7) is 3.23. The molecule has 0 aromatic heterocycles. The third-order valence-electron chi connectivity index (χ3n) is 2.45. The van der Waals surface area contributed by atoms with E-state index in [2.05, 4.69) is 0 Å². The van der Waals surface area contributed by atoms with Crippen molar-refractivity contribution in [3.05, 3.63) is 38.9 Å². The zero-order chi connectivity index (χ0) is 12.5. The molecule has 2 N–H and O–H groups in total. The number of benzene rings is 1. The summed E-state index contributed by atoms with van der Waals surface area (Å²) < 4.78 is 0. The number of nitrogens with two attached hydrogens (primary N) is 1. The van der Waals surface area contributed by atoms with E-state index in [1.165, 1.54) is 18.2 Å². The fourth-order valence-electron chi connectivity index (χ4n) is 1.26. The van der Waals surface area contributed by atoms with Gasteiger partial charge in [0.1, 0.15) is 0 Å². The van der Waals surface area contributed by atoms with E-state index in [9.17, 15) is 14.9 Å². The first-order valence-electron chi connectivity index (χ1n) is 4.51. The van der Waals surface area contributed by atoms with Crippen LogP contribution >= 0.6 is 11.6 Å². The van der Waals surface area contributed by atoms with Crippen LogP contribution in [-0.4, -0.2) is 10.8 Å². The lowest BCUT2D eigenvalue weighted by molar-refractivity contribution is -0.384. The van der Waals surface area contributed by atoms with E-state index < -0.39 is 16.2 Å². The predicted molar refractivity (Wildman–Crippen MR) is 60.3 cm³/mol. The minimum atomic E-state index is -0.952. The number of halogens is 1. The number of nitro groups is 1. The minimum absolute atomic E-state index is 0.117. The highest BCUT2D eigenvalue weighted by Gasteiger charge is 2.30. The average Bonchev–Trinajstić information content (AvgIpc) is 2.16. The lowest BCUT2D eigenvalue weighted by Crippen LogP contribution is -2.35. The molecule has 0 unspecified atom stereocenters. The molecule has 0 radical (unpaired) electrons. The van der Waals surface area contributed by atoms with Gasteiger partial charge in [0.15, 0.2) is 0 Å². The standard InChI is InChI=1S/C10H11ClN2O3/c1-10(2,9(12)14)7-4-3-6(13(15)16)5-8(7)11/h3-5H,1-2H3,(H2,12,14).